The second kappa shape index (κ2) is 8.93. The SMILES string of the molecule is Cc1ccc(OCC(=O)N(Cc2ccco2)Cc2c(F)cccc2Cl)cc1C. The highest BCUT2D eigenvalue weighted by Gasteiger charge is 2.20. The number of carbonyl (C=O) groups is 1. The Balaban J connectivity index is 1.75. The summed E-state index contributed by atoms with van der Waals surface area (Å²) in [6.07, 6.45) is 1.53. The second-order valence-electron chi connectivity index (χ2n) is 6.56. The average molecular weight is 402 g/mol. The standard InChI is InChI=1S/C22H21ClFNO3/c1-15-8-9-17(11-16(15)2)28-14-22(26)25(12-18-5-4-10-27-18)13-19-20(23)6-3-7-21(19)24/h3-11H,12-14H2,1-2H3. The first-order valence-electron chi connectivity index (χ1n) is 8.87. The Labute approximate surface area is 168 Å². The summed E-state index contributed by atoms with van der Waals surface area (Å²) in [6, 6.07) is 13.6. The van der Waals surface area contributed by atoms with Crippen molar-refractivity contribution < 1.29 is 18.3 Å². The van der Waals surface area contributed by atoms with Gasteiger partial charge in [-0.05, 0) is 61.4 Å². The van der Waals surface area contributed by atoms with Gasteiger partial charge in [0.05, 0.1) is 19.4 Å². The third-order valence-corrected chi connectivity index (χ3v) is 4.88. The molecule has 0 aliphatic carbocycles. The molecule has 0 aliphatic rings. The van der Waals surface area contributed by atoms with Crippen LogP contribution in [0.4, 0.5) is 4.39 Å². The Morgan fingerprint density at radius 1 is 1.11 bits per heavy atom. The van der Waals surface area contributed by atoms with Crippen molar-refractivity contribution in [3.8, 4) is 5.75 Å². The summed E-state index contributed by atoms with van der Waals surface area (Å²) < 4.78 is 25.2. The minimum Gasteiger partial charge on any atom is -0.484 e. The van der Waals surface area contributed by atoms with Crippen LogP contribution in [0.2, 0.25) is 5.02 Å². The monoisotopic (exact) mass is 401 g/mol. The van der Waals surface area contributed by atoms with Crippen LogP contribution >= 0.6 is 11.6 Å². The molecule has 0 unspecified atom stereocenters. The fourth-order valence-electron chi connectivity index (χ4n) is 2.74. The lowest BCUT2D eigenvalue weighted by atomic mass is 10.1. The lowest BCUT2D eigenvalue weighted by Crippen LogP contribution is -2.34. The predicted octanol–water partition coefficient (Wildman–Crippen LogP) is 5.30. The van der Waals surface area contributed by atoms with Crippen molar-refractivity contribution in [1.82, 2.24) is 4.90 Å². The first kappa shape index (κ1) is 20.0. The van der Waals surface area contributed by atoms with E-state index in [4.69, 9.17) is 20.8 Å². The van der Waals surface area contributed by atoms with Crippen LogP contribution in [-0.4, -0.2) is 17.4 Å². The molecule has 1 amide bonds. The lowest BCUT2D eigenvalue weighted by Gasteiger charge is -2.23. The quantitative estimate of drug-likeness (QED) is 0.539. The first-order chi connectivity index (χ1) is 13.4. The Hall–Kier alpha value is -2.79. The van der Waals surface area contributed by atoms with E-state index in [0.717, 1.165) is 11.1 Å². The van der Waals surface area contributed by atoms with Crippen LogP contribution in [-0.2, 0) is 17.9 Å². The van der Waals surface area contributed by atoms with E-state index in [0.29, 0.717) is 11.5 Å². The molecule has 0 fully saturated rings. The molecule has 3 rings (SSSR count). The van der Waals surface area contributed by atoms with E-state index < -0.39 is 5.82 Å². The molecule has 0 atom stereocenters. The van der Waals surface area contributed by atoms with Gasteiger partial charge in [0.2, 0.25) is 0 Å². The van der Waals surface area contributed by atoms with Crippen molar-refractivity contribution in [2.24, 2.45) is 0 Å². The molecule has 4 nitrogen and oxygen atoms in total. The smallest absolute Gasteiger partial charge is 0.261 e. The first-order valence-corrected chi connectivity index (χ1v) is 9.25. The molecule has 0 bridgehead atoms. The molecule has 2 aromatic carbocycles. The van der Waals surface area contributed by atoms with Gasteiger partial charge in [-0.2, -0.15) is 0 Å². The summed E-state index contributed by atoms with van der Waals surface area (Å²) in [4.78, 5) is 14.3. The Morgan fingerprint density at radius 3 is 2.61 bits per heavy atom. The zero-order valence-corrected chi connectivity index (χ0v) is 16.5. The number of carbonyl (C=O) groups excluding carboxylic acids is 1. The summed E-state index contributed by atoms with van der Waals surface area (Å²) >= 11 is 6.13. The van der Waals surface area contributed by atoms with E-state index in [1.165, 1.54) is 23.3 Å². The fourth-order valence-corrected chi connectivity index (χ4v) is 2.96. The summed E-state index contributed by atoms with van der Waals surface area (Å²) in [6.45, 7) is 4.02. The number of rotatable bonds is 7. The molecular formula is C22H21ClFNO3. The van der Waals surface area contributed by atoms with Gasteiger partial charge in [-0.3, -0.25) is 4.79 Å². The molecular weight excluding hydrogens is 381 g/mol. The number of aryl methyl sites for hydroxylation is 2. The van der Waals surface area contributed by atoms with Gasteiger partial charge in [-0.25, -0.2) is 4.39 Å². The van der Waals surface area contributed by atoms with Crippen LogP contribution in [0.3, 0.4) is 0 Å². The van der Waals surface area contributed by atoms with Crippen molar-refractivity contribution in [3.63, 3.8) is 0 Å². The highest BCUT2D eigenvalue weighted by Crippen LogP contribution is 2.22. The van der Waals surface area contributed by atoms with Crippen LogP contribution in [0, 0.1) is 19.7 Å². The average Bonchev–Trinajstić information content (AvgIpc) is 3.17. The number of hydrogen-bond donors (Lipinski definition) is 0. The Kier molecular flexibility index (Phi) is 6.37. The van der Waals surface area contributed by atoms with Gasteiger partial charge < -0.3 is 14.1 Å². The number of ether oxygens (including phenoxy) is 1. The van der Waals surface area contributed by atoms with Gasteiger partial charge in [-0.1, -0.05) is 23.7 Å². The van der Waals surface area contributed by atoms with Crippen molar-refractivity contribution in [2.45, 2.75) is 26.9 Å². The molecule has 1 heterocycles. The van der Waals surface area contributed by atoms with E-state index in [1.807, 2.05) is 32.0 Å². The number of halogens is 2. The molecule has 0 radical (unpaired) electrons. The second-order valence-corrected chi connectivity index (χ2v) is 6.97. The molecule has 3 aromatic rings. The number of amides is 1. The van der Waals surface area contributed by atoms with Gasteiger partial charge in [0.25, 0.3) is 5.91 Å². The number of hydrogen-bond acceptors (Lipinski definition) is 3. The fraction of sp³-hybridized carbons (Fsp3) is 0.227. The van der Waals surface area contributed by atoms with Gasteiger partial charge in [0, 0.05) is 10.6 Å². The van der Waals surface area contributed by atoms with E-state index in [1.54, 1.807) is 18.2 Å². The summed E-state index contributed by atoms with van der Waals surface area (Å²) in [5, 5.41) is 0.271. The Bertz CT molecular complexity index is 936. The summed E-state index contributed by atoms with van der Waals surface area (Å²) in [7, 11) is 0. The molecule has 0 spiro atoms. The zero-order valence-electron chi connectivity index (χ0n) is 15.7. The van der Waals surface area contributed by atoms with Gasteiger partial charge in [-0.15, -0.1) is 0 Å². The van der Waals surface area contributed by atoms with E-state index >= 15 is 0 Å². The number of furan rings is 1. The molecule has 6 heteroatoms. The van der Waals surface area contributed by atoms with Gasteiger partial charge >= 0.3 is 0 Å². The molecule has 28 heavy (non-hydrogen) atoms. The van der Waals surface area contributed by atoms with Crippen LogP contribution in [0.1, 0.15) is 22.5 Å². The van der Waals surface area contributed by atoms with Crippen LogP contribution in [0.15, 0.2) is 59.2 Å². The summed E-state index contributed by atoms with van der Waals surface area (Å²) in [5.41, 5.74) is 2.48. The molecule has 0 N–H and O–H groups in total. The van der Waals surface area contributed by atoms with E-state index in [9.17, 15) is 9.18 Å². The maximum atomic E-state index is 14.2. The van der Waals surface area contributed by atoms with Crippen molar-refractivity contribution in [3.05, 3.63) is 88.1 Å². The third-order valence-electron chi connectivity index (χ3n) is 4.53. The molecule has 146 valence electrons. The van der Waals surface area contributed by atoms with Crippen LogP contribution < -0.4 is 4.74 Å². The highest BCUT2D eigenvalue weighted by molar-refractivity contribution is 6.31. The largest absolute Gasteiger partial charge is 0.484 e. The van der Waals surface area contributed by atoms with Crippen molar-refractivity contribution >= 4 is 17.5 Å². The number of nitrogens with zero attached hydrogens (tertiary/aromatic N) is 1. The maximum Gasteiger partial charge on any atom is 0.261 e. The Morgan fingerprint density at radius 2 is 1.93 bits per heavy atom. The number of benzene rings is 2. The van der Waals surface area contributed by atoms with Crippen LogP contribution in [0.25, 0.3) is 0 Å². The molecule has 1 aromatic heterocycles. The van der Waals surface area contributed by atoms with Gasteiger partial charge in [0.1, 0.15) is 17.3 Å². The molecule has 0 saturated heterocycles. The molecule has 0 aliphatic heterocycles. The third kappa shape index (κ3) is 4.93. The predicted molar refractivity (Wildman–Crippen MR) is 106 cm³/mol. The maximum absolute atomic E-state index is 14.2. The van der Waals surface area contributed by atoms with Crippen molar-refractivity contribution in [2.75, 3.05) is 6.61 Å². The minimum atomic E-state index is -0.458. The topological polar surface area (TPSA) is 42.7 Å². The van der Waals surface area contributed by atoms with E-state index in [2.05, 4.69) is 0 Å². The minimum absolute atomic E-state index is 0.0152. The van der Waals surface area contributed by atoms with Crippen molar-refractivity contribution in [1.29, 1.82) is 0 Å². The normalized spacial score (nSPS) is 10.7. The summed E-state index contributed by atoms with van der Waals surface area (Å²) in [5.74, 6) is 0.444. The van der Waals surface area contributed by atoms with Crippen LogP contribution in [0.5, 0.6) is 5.75 Å². The lowest BCUT2D eigenvalue weighted by molar-refractivity contribution is -0.134. The van der Waals surface area contributed by atoms with Gasteiger partial charge in [0.15, 0.2) is 6.61 Å². The zero-order chi connectivity index (χ0) is 20.1. The highest BCUT2D eigenvalue weighted by atomic mass is 35.5. The van der Waals surface area contributed by atoms with E-state index in [-0.39, 0.29) is 36.2 Å². The molecule has 0 saturated carbocycles.